The first-order valence-electron chi connectivity index (χ1n) is 11.7. The van der Waals surface area contributed by atoms with Gasteiger partial charge in [-0.1, -0.05) is 42.5 Å². The molecule has 3 aromatic carbocycles. The standard InChI is InChI=1S/C28H27FN4O4S/c1-20-17-22(21(2)33(20)25-14-8-7-13-24(25)29)18-30-31-28(34)19-32(26-15-9-10-16-27(26)37-3)38(35,36)23-11-5-4-6-12-23/h4-18H,19H2,1-3H3,(H,31,34)/b30-18-. The van der Waals surface area contributed by atoms with Gasteiger partial charge < -0.3 is 9.30 Å². The molecular formula is C28H27FN4O4S. The van der Waals surface area contributed by atoms with Gasteiger partial charge in [0.1, 0.15) is 18.1 Å². The second-order valence-corrected chi connectivity index (χ2v) is 10.3. The van der Waals surface area contributed by atoms with E-state index in [0.717, 1.165) is 15.7 Å². The number of anilines is 1. The number of ether oxygens (including phenoxy) is 1. The zero-order chi connectivity index (χ0) is 27.3. The lowest BCUT2D eigenvalue weighted by atomic mass is 10.2. The van der Waals surface area contributed by atoms with Gasteiger partial charge >= 0.3 is 0 Å². The first-order chi connectivity index (χ1) is 18.2. The molecule has 0 aliphatic rings. The molecule has 0 aliphatic heterocycles. The molecule has 1 heterocycles. The molecule has 0 bridgehead atoms. The Morgan fingerprint density at radius 3 is 2.39 bits per heavy atom. The molecule has 0 radical (unpaired) electrons. The maximum absolute atomic E-state index is 14.4. The number of halogens is 1. The van der Waals surface area contributed by atoms with Crippen molar-refractivity contribution in [3.05, 3.63) is 108 Å². The van der Waals surface area contributed by atoms with Crippen molar-refractivity contribution in [2.24, 2.45) is 5.10 Å². The highest BCUT2D eigenvalue weighted by atomic mass is 32.2. The zero-order valence-electron chi connectivity index (χ0n) is 21.1. The summed E-state index contributed by atoms with van der Waals surface area (Å²) in [5, 5.41) is 4.03. The van der Waals surface area contributed by atoms with Crippen molar-refractivity contribution in [3.8, 4) is 11.4 Å². The number of aromatic nitrogens is 1. The van der Waals surface area contributed by atoms with Crippen molar-refractivity contribution in [1.29, 1.82) is 0 Å². The Hall–Kier alpha value is -4.44. The van der Waals surface area contributed by atoms with Gasteiger partial charge in [-0.25, -0.2) is 18.2 Å². The number of carbonyl (C=O) groups is 1. The molecule has 38 heavy (non-hydrogen) atoms. The summed E-state index contributed by atoms with van der Waals surface area (Å²) in [7, 11) is -2.68. The van der Waals surface area contributed by atoms with Crippen LogP contribution in [-0.2, 0) is 14.8 Å². The molecular weight excluding hydrogens is 507 g/mol. The summed E-state index contributed by atoms with van der Waals surface area (Å²) in [5.41, 5.74) is 5.21. The van der Waals surface area contributed by atoms with Crippen LogP contribution in [0.4, 0.5) is 10.1 Å². The number of nitrogens with zero attached hydrogens (tertiary/aromatic N) is 3. The van der Waals surface area contributed by atoms with Gasteiger partial charge in [-0.15, -0.1) is 0 Å². The predicted octanol–water partition coefficient (Wildman–Crippen LogP) is 4.59. The van der Waals surface area contributed by atoms with Crippen molar-refractivity contribution in [1.82, 2.24) is 9.99 Å². The van der Waals surface area contributed by atoms with Crippen LogP contribution in [0.3, 0.4) is 0 Å². The van der Waals surface area contributed by atoms with Gasteiger partial charge in [-0.2, -0.15) is 5.10 Å². The van der Waals surface area contributed by atoms with E-state index in [-0.39, 0.29) is 16.4 Å². The number of hydrogen-bond donors (Lipinski definition) is 1. The Labute approximate surface area is 221 Å². The van der Waals surface area contributed by atoms with E-state index in [1.165, 1.54) is 31.5 Å². The number of sulfonamides is 1. The minimum atomic E-state index is -4.10. The van der Waals surface area contributed by atoms with Crippen LogP contribution in [0, 0.1) is 19.7 Å². The zero-order valence-corrected chi connectivity index (χ0v) is 21.9. The SMILES string of the molecule is COc1ccccc1N(CC(=O)N/N=C\c1cc(C)n(-c2ccccc2F)c1C)S(=O)(=O)c1ccccc1. The summed E-state index contributed by atoms with van der Waals surface area (Å²) in [6, 6.07) is 22.6. The second kappa shape index (κ2) is 11.3. The summed E-state index contributed by atoms with van der Waals surface area (Å²) >= 11 is 0. The van der Waals surface area contributed by atoms with E-state index in [4.69, 9.17) is 4.74 Å². The normalized spacial score (nSPS) is 11.5. The third-order valence-electron chi connectivity index (χ3n) is 5.93. The number of para-hydroxylation sites is 3. The molecule has 4 rings (SSSR count). The summed E-state index contributed by atoms with van der Waals surface area (Å²) in [6.07, 6.45) is 1.44. The molecule has 1 N–H and O–H groups in total. The van der Waals surface area contributed by atoms with Gasteiger partial charge in [0.2, 0.25) is 0 Å². The largest absolute Gasteiger partial charge is 0.495 e. The monoisotopic (exact) mass is 534 g/mol. The fraction of sp³-hybridized carbons (Fsp3) is 0.143. The molecule has 196 valence electrons. The number of benzene rings is 3. The smallest absolute Gasteiger partial charge is 0.264 e. The molecule has 0 saturated heterocycles. The number of amides is 1. The summed E-state index contributed by atoms with van der Waals surface area (Å²) < 4.78 is 49.5. The summed E-state index contributed by atoms with van der Waals surface area (Å²) in [4.78, 5) is 12.9. The number of hydrazone groups is 1. The molecule has 4 aromatic rings. The van der Waals surface area contributed by atoms with Gasteiger partial charge in [0.05, 0.1) is 29.6 Å². The highest BCUT2D eigenvalue weighted by Crippen LogP contribution is 2.32. The lowest BCUT2D eigenvalue weighted by Crippen LogP contribution is -2.39. The van der Waals surface area contributed by atoms with Crippen molar-refractivity contribution in [2.45, 2.75) is 18.7 Å². The molecule has 0 spiro atoms. The molecule has 0 fully saturated rings. The van der Waals surface area contributed by atoms with Crippen molar-refractivity contribution >= 4 is 27.8 Å². The van der Waals surface area contributed by atoms with Gasteiger partial charge in [-0.3, -0.25) is 9.10 Å². The minimum Gasteiger partial charge on any atom is -0.495 e. The Morgan fingerprint density at radius 2 is 1.68 bits per heavy atom. The van der Waals surface area contributed by atoms with Crippen LogP contribution in [0.1, 0.15) is 17.0 Å². The number of nitrogens with one attached hydrogen (secondary N) is 1. The molecule has 1 amide bonds. The molecule has 10 heteroatoms. The Bertz CT molecular complexity index is 1580. The number of hydrogen-bond acceptors (Lipinski definition) is 5. The Balaban J connectivity index is 1.58. The van der Waals surface area contributed by atoms with Crippen molar-refractivity contribution < 1.29 is 22.3 Å². The highest BCUT2D eigenvalue weighted by Gasteiger charge is 2.29. The Kier molecular flexibility index (Phi) is 7.92. The summed E-state index contributed by atoms with van der Waals surface area (Å²) in [6.45, 7) is 3.12. The molecule has 8 nitrogen and oxygen atoms in total. The maximum Gasteiger partial charge on any atom is 0.264 e. The van der Waals surface area contributed by atoms with E-state index < -0.39 is 22.5 Å². The molecule has 0 aliphatic carbocycles. The van der Waals surface area contributed by atoms with Crippen LogP contribution in [0.5, 0.6) is 5.75 Å². The number of aryl methyl sites for hydroxylation is 1. The first-order valence-corrected chi connectivity index (χ1v) is 13.1. The lowest BCUT2D eigenvalue weighted by Gasteiger charge is -2.25. The van der Waals surface area contributed by atoms with Crippen LogP contribution >= 0.6 is 0 Å². The minimum absolute atomic E-state index is 0.0304. The number of methoxy groups -OCH3 is 1. The van der Waals surface area contributed by atoms with E-state index >= 15 is 0 Å². The van der Waals surface area contributed by atoms with E-state index in [1.54, 1.807) is 65.2 Å². The van der Waals surface area contributed by atoms with Crippen LogP contribution in [0.25, 0.3) is 5.69 Å². The van der Waals surface area contributed by atoms with Crippen molar-refractivity contribution in [2.75, 3.05) is 18.0 Å². The average Bonchev–Trinajstić information content (AvgIpc) is 3.20. The first kappa shape index (κ1) is 26.6. The lowest BCUT2D eigenvalue weighted by molar-refractivity contribution is -0.119. The fourth-order valence-corrected chi connectivity index (χ4v) is 5.57. The van der Waals surface area contributed by atoms with E-state index in [0.29, 0.717) is 17.0 Å². The third-order valence-corrected chi connectivity index (χ3v) is 7.70. The predicted molar refractivity (Wildman–Crippen MR) is 145 cm³/mol. The van der Waals surface area contributed by atoms with Gasteiger partial charge in [-0.05, 0) is 56.3 Å². The quantitative estimate of drug-likeness (QED) is 0.251. The van der Waals surface area contributed by atoms with Crippen LogP contribution < -0.4 is 14.5 Å². The van der Waals surface area contributed by atoms with Gasteiger partial charge in [0.25, 0.3) is 15.9 Å². The number of rotatable bonds is 9. The number of carbonyl (C=O) groups excluding carboxylic acids is 1. The molecule has 0 saturated carbocycles. The molecule has 0 unspecified atom stereocenters. The van der Waals surface area contributed by atoms with Gasteiger partial charge in [0, 0.05) is 17.0 Å². The van der Waals surface area contributed by atoms with Gasteiger partial charge in [0.15, 0.2) is 0 Å². The summed E-state index contributed by atoms with van der Waals surface area (Å²) in [5.74, 6) is -0.722. The third kappa shape index (κ3) is 5.45. The van der Waals surface area contributed by atoms with E-state index in [1.807, 2.05) is 19.9 Å². The topological polar surface area (TPSA) is 93.0 Å². The maximum atomic E-state index is 14.4. The van der Waals surface area contributed by atoms with Crippen LogP contribution in [0.15, 0.2) is 94.9 Å². The van der Waals surface area contributed by atoms with Crippen LogP contribution in [0.2, 0.25) is 0 Å². The van der Waals surface area contributed by atoms with E-state index in [2.05, 4.69) is 10.5 Å². The molecule has 1 aromatic heterocycles. The molecule has 0 atom stereocenters. The van der Waals surface area contributed by atoms with Crippen LogP contribution in [-0.4, -0.2) is 38.8 Å². The second-order valence-electron chi connectivity index (χ2n) is 8.40. The Morgan fingerprint density at radius 1 is 1.03 bits per heavy atom. The highest BCUT2D eigenvalue weighted by molar-refractivity contribution is 7.92. The van der Waals surface area contributed by atoms with Crippen molar-refractivity contribution in [3.63, 3.8) is 0 Å². The van der Waals surface area contributed by atoms with E-state index in [9.17, 15) is 17.6 Å². The average molecular weight is 535 g/mol. The fourth-order valence-electron chi connectivity index (χ4n) is 4.12.